The third-order valence-corrected chi connectivity index (χ3v) is 9.00. The van der Waals surface area contributed by atoms with Crippen LogP contribution >= 0.6 is 0 Å². The van der Waals surface area contributed by atoms with Crippen molar-refractivity contribution in [1.29, 1.82) is 5.26 Å². The highest BCUT2D eigenvalue weighted by molar-refractivity contribution is 5.90. The Kier molecular flexibility index (Phi) is 6.07. The van der Waals surface area contributed by atoms with Crippen LogP contribution in [0.15, 0.2) is 36.5 Å². The van der Waals surface area contributed by atoms with Gasteiger partial charge in [-0.25, -0.2) is 13.6 Å². The number of aromatic nitrogens is 1. The maximum atomic E-state index is 14.2. The number of methoxy groups -OCH3 is 1. The molecule has 39 heavy (non-hydrogen) atoms. The number of aromatic carboxylic acids is 1. The van der Waals surface area contributed by atoms with Crippen LogP contribution in [-0.2, 0) is 6.54 Å². The van der Waals surface area contributed by atoms with Gasteiger partial charge in [0.25, 0.3) is 0 Å². The van der Waals surface area contributed by atoms with Gasteiger partial charge in [0.15, 0.2) is 0 Å². The van der Waals surface area contributed by atoms with E-state index in [4.69, 9.17) is 4.74 Å². The Hall–Kier alpha value is -3.64. The van der Waals surface area contributed by atoms with Gasteiger partial charge in [0.2, 0.25) is 5.92 Å². The smallest absolute Gasteiger partial charge is 0.335 e. The number of halogens is 2. The molecule has 9 heteroatoms. The summed E-state index contributed by atoms with van der Waals surface area (Å²) in [6.45, 7) is 4.30. The molecule has 3 heterocycles. The van der Waals surface area contributed by atoms with Crippen LogP contribution in [0.1, 0.15) is 58.8 Å². The summed E-state index contributed by atoms with van der Waals surface area (Å²) in [4.78, 5) is 19.5. The number of alkyl halides is 2. The van der Waals surface area contributed by atoms with Crippen LogP contribution in [0, 0.1) is 29.6 Å². The van der Waals surface area contributed by atoms with Crippen molar-refractivity contribution in [3.05, 3.63) is 58.8 Å². The van der Waals surface area contributed by atoms with Crippen molar-refractivity contribution < 1.29 is 23.4 Å². The number of rotatable bonds is 6. The van der Waals surface area contributed by atoms with E-state index in [9.17, 15) is 23.9 Å². The fourth-order valence-electron chi connectivity index (χ4n) is 7.01. The normalized spacial score (nSPS) is 22.3. The second-order valence-corrected chi connectivity index (χ2v) is 11.6. The average Bonchev–Trinajstić information content (AvgIpc) is 3.35. The number of carbonyl (C=O) groups is 1. The lowest BCUT2D eigenvalue weighted by atomic mass is 9.58. The third-order valence-electron chi connectivity index (χ3n) is 9.00. The van der Waals surface area contributed by atoms with Crippen molar-refractivity contribution in [2.75, 3.05) is 31.6 Å². The van der Waals surface area contributed by atoms with Gasteiger partial charge in [-0.15, -0.1) is 0 Å². The standard InChI is InChI=1S/C30H32F2N4O3/c1-18-9-26(39-2)23(21-5-7-34-27(18)21)15-35-8-6-29(16-30(31,32)17-29)11-25(35)22-4-3-20(28(37)38)10-24(22)36-13-19(12-33)14-36/h3-5,7,9-10,19,25,34H,6,8,11,13-17H2,1-2H3,(H,37,38). The molecule has 0 bridgehead atoms. The Morgan fingerprint density at radius 2 is 2.03 bits per heavy atom. The van der Waals surface area contributed by atoms with Gasteiger partial charge in [-0.3, -0.25) is 4.90 Å². The molecule has 3 fully saturated rings. The Morgan fingerprint density at radius 3 is 2.69 bits per heavy atom. The number of piperidine rings is 1. The van der Waals surface area contributed by atoms with Gasteiger partial charge in [0.1, 0.15) is 5.75 Å². The molecule has 2 saturated heterocycles. The summed E-state index contributed by atoms with van der Waals surface area (Å²) < 4.78 is 34.1. The SMILES string of the molecule is COc1cc(C)c2[nH]ccc2c1CN1CCC2(CC1c1ccc(C(=O)O)cc1N1CC(C#N)C1)CC(F)(F)C2. The first-order chi connectivity index (χ1) is 18.6. The van der Waals surface area contributed by atoms with Gasteiger partial charge in [0.05, 0.1) is 24.7 Å². The zero-order chi connectivity index (χ0) is 27.5. The number of nitrogens with zero attached hydrogens (tertiary/aromatic N) is 3. The molecular formula is C30H32F2N4O3. The molecule has 1 spiro atoms. The number of carboxylic acid groups (broad SMARTS) is 1. The number of benzene rings is 2. The van der Waals surface area contributed by atoms with E-state index in [2.05, 4.69) is 16.0 Å². The lowest BCUT2D eigenvalue weighted by Crippen LogP contribution is -2.53. The molecule has 1 atom stereocenters. The van der Waals surface area contributed by atoms with Crippen LogP contribution in [0.5, 0.6) is 5.75 Å². The van der Waals surface area contributed by atoms with E-state index in [1.54, 1.807) is 19.2 Å². The second kappa shape index (κ2) is 9.23. The van der Waals surface area contributed by atoms with E-state index in [1.807, 2.05) is 36.2 Å². The quantitative estimate of drug-likeness (QED) is 0.409. The van der Waals surface area contributed by atoms with Crippen LogP contribution in [0.2, 0.25) is 0 Å². The zero-order valence-electron chi connectivity index (χ0n) is 22.1. The molecular weight excluding hydrogens is 502 g/mol. The molecule has 0 amide bonds. The summed E-state index contributed by atoms with van der Waals surface area (Å²) >= 11 is 0. The second-order valence-electron chi connectivity index (χ2n) is 11.6. The van der Waals surface area contributed by atoms with E-state index in [0.717, 1.165) is 39.0 Å². The topological polar surface area (TPSA) is 92.6 Å². The van der Waals surface area contributed by atoms with E-state index in [0.29, 0.717) is 39.0 Å². The number of nitrogens with one attached hydrogen (secondary N) is 1. The Morgan fingerprint density at radius 1 is 1.26 bits per heavy atom. The Labute approximate surface area is 226 Å². The Bertz CT molecular complexity index is 1480. The van der Waals surface area contributed by atoms with Crippen LogP contribution in [-0.4, -0.2) is 53.6 Å². The fraction of sp³-hybridized carbons (Fsp3) is 0.467. The highest BCUT2D eigenvalue weighted by Gasteiger charge is 2.58. The molecule has 1 unspecified atom stereocenters. The molecule has 1 aromatic heterocycles. The van der Waals surface area contributed by atoms with E-state index in [1.165, 1.54) is 0 Å². The van der Waals surface area contributed by atoms with Crippen molar-refractivity contribution in [3.63, 3.8) is 0 Å². The van der Waals surface area contributed by atoms with Crippen molar-refractivity contribution in [3.8, 4) is 11.8 Å². The molecule has 2 aliphatic heterocycles. The minimum absolute atomic E-state index is 0.107. The molecule has 1 aliphatic carbocycles. The summed E-state index contributed by atoms with van der Waals surface area (Å²) in [6, 6.07) is 11.3. The van der Waals surface area contributed by atoms with Crippen LogP contribution < -0.4 is 9.64 Å². The van der Waals surface area contributed by atoms with Gasteiger partial charge in [-0.2, -0.15) is 5.26 Å². The molecule has 6 rings (SSSR count). The number of aryl methyl sites for hydroxylation is 1. The third kappa shape index (κ3) is 4.41. The zero-order valence-corrected chi connectivity index (χ0v) is 22.1. The van der Waals surface area contributed by atoms with Gasteiger partial charge < -0.3 is 19.7 Å². The monoisotopic (exact) mass is 534 g/mol. The predicted molar refractivity (Wildman–Crippen MR) is 143 cm³/mol. The number of ether oxygens (including phenoxy) is 1. The molecule has 7 nitrogen and oxygen atoms in total. The molecule has 2 N–H and O–H groups in total. The summed E-state index contributed by atoms with van der Waals surface area (Å²) in [7, 11) is 1.66. The van der Waals surface area contributed by atoms with E-state index >= 15 is 0 Å². The number of aromatic amines is 1. The van der Waals surface area contributed by atoms with Crippen LogP contribution in [0.3, 0.4) is 0 Å². The first-order valence-corrected chi connectivity index (χ1v) is 13.4. The van der Waals surface area contributed by atoms with Gasteiger partial charge in [-0.05, 0) is 67.1 Å². The highest BCUT2D eigenvalue weighted by atomic mass is 19.3. The van der Waals surface area contributed by atoms with E-state index < -0.39 is 17.3 Å². The number of hydrogen-bond donors (Lipinski definition) is 2. The average molecular weight is 535 g/mol. The lowest BCUT2D eigenvalue weighted by Gasteiger charge is -2.55. The van der Waals surface area contributed by atoms with Crippen LogP contribution in [0.25, 0.3) is 10.9 Å². The number of likely N-dealkylation sites (tertiary alicyclic amines) is 1. The number of H-pyrrole nitrogens is 1. The van der Waals surface area contributed by atoms with Crippen molar-refractivity contribution >= 4 is 22.6 Å². The maximum Gasteiger partial charge on any atom is 0.335 e. The molecule has 204 valence electrons. The largest absolute Gasteiger partial charge is 0.496 e. The minimum Gasteiger partial charge on any atom is -0.496 e. The van der Waals surface area contributed by atoms with Crippen LogP contribution in [0.4, 0.5) is 14.5 Å². The predicted octanol–water partition coefficient (Wildman–Crippen LogP) is 5.90. The van der Waals surface area contributed by atoms with Crippen molar-refractivity contribution in [2.45, 2.75) is 51.1 Å². The molecule has 1 saturated carbocycles. The van der Waals surface area contributed by atoms with Crippen molar-refractivity contribution in [2.24, 2.45) is 11.3 Å². The highest BCUT2D eigenvalue weighted by Crippen LogP contribution is 2.61. The first kappa shape index (κ1) is 25.6. The lowest BCUT2D eigenvalue weighted by molar-refractivity contribution is -0.186. The number of carboxylic acids is 1. The molecule has 3 aromatic rings. The number of nitriles is 1. The first-order valence-electron chi connectivity index (χ1n) is 13.4. The number of hydrogen-bond acceptors (Lipinski definition) is 5. The van der Waals surface area contributed by atoms with E-state index in [-0.39, 0.29) is 30.4 Å². The van der Waals surface area contributed by atoms with Gasteiger partial charge in [0, 0.05) is 66.9 Å². The summed E-state index contributed by atoms with van der Waals surface area (Å²) in [5.41, 5.74) is 4.62. The number of anilines is 1. The number of fused-ring (bicyclic) bond motifs is 1. The maximum absolute atomic E-state index is 14.2. The van der Waals surface area contributed by atoms with Crippen molar-refractivity contribution in [1.82, 2.24) is 9.88 Å². The Balaban J connectivity index is 1.42. The molecule has 2 aromatic carbocycles. The molecule has 3 aliphatic rings. The van der Waals surface area contributed by atoms with Gasteiger partial charge >= 0.3 is 5.97 Å². The summed E-state index contributed by atoms with van der Waals surface area (Å²) in [6.07, 6.45) is 2.96. The fourth-order valence-corrected chi connectivity index (χ4v) is 7.01. The summed E-state index contributed by atoms with van der Waals surface area (Å²) in [5.74, 6) is -2.97. The summed E-state index contributed by atoms with van der Waals surface area (Å²) in [5, 5.41) is 20.1. The van der Waals surface area contributed by atoms with Gasteiger partial charge in [-0.1, -0.05) is 6.07 Å². The minimum atomic E-state index is -2.63. The molecule has 0 radical (unpaired) electrons.